The Bertz CT molecular complexity index is 458. The Morgan fingerprint density at radius 2 is 1.89 bits per heavy atom. The maximum atomic E-state index is 12.1. The van der Waals surface area contributed by atoms with Crippen LogP contribution in [0.3, 0.4) is 0 Å². The second-order valence-corrected chi connectivity index (χ2v) is 5.14. The molecule has 0 bridgehead atoms. The van der Waals surface area contributed by atoms with Gasteiger partial charge in [-0.3, -0.25) is 4.79 Å². The first kappa shape index (κ1) is 13.2. The number of halogens is 1. The van der Waals surface area contributed by atoms with Gasteiger partial charge in [0.05, 0.1) is 19.8 Å². The van der Waals surface area contributed by atoms with Crippen molar-refractivity contribution in [2.75, 3.05) is 14.2 Å². The molecule has 0 saturated heterocycles. The van der Waals surface area contributed by atoms with Gasteiger partial charge in [0, 0.05) is 10.5 Å². The summed E-state index contributed by atoms with van der Waals surface area (Å²) >= 11 is 3.39. The molecule has 2 rings (SSSR count). The minimum atomic E-state index is -0.0764. The number of benzene rings is 1. The van der Waals surface area contributed by atoms with Gasteiger partial charge in [0.2, 0.25) is 0 Å². The van der Waals surface area contributed by atoms with Crippen molar-refractivity contribution in [3.8, 4) is 11.5 Å². The number of nitrogens with one attached hydrogen (secondary N) is 1. The van der Waals surface area contributed by atoms with Crippen molar-refractivity contribution < 1.29 is 14.3 Å². The van der Waals surface area contributed by atoms with Crippen LogP contribution in [0, 0.1) is 0 Å². The van der Waals surface area contributed by atoms with E-state index in [0.717, 1.165) is 12.8 Å². The normalized spacial score (nSPS) is 14.8. The molecule has 0 radical (unpaired) electrons. The first-order valence-electron chi connectivity index (χ1n) is 5.88. The number of carbonyl (C=O) groups excluding carboxylic acids is 1. The predicted octanol–water partition coefficient (Wildman–Crippen LogP) is 2.75. The maximum Gasteiger partial charge on any atom is 0.252 e. The fourth-order valence-electron chi connectivity index (χ4n) is 1.84. The third-order valence-corrected chi connectivity index (χ3v) is 3.81. The number of carbonyl (C=O) groups is 1. The first-order valence-corrected chi connectivity index (χ1v) is 6.67. The molecule has 4 nitrogen and oxygen atoms in total. The largest absolute Gasteiger partial charge is 0.493 e. The van der Waals surface area contributed by atoms with Crippen molar-refractivity contribution in [2.45, 2.75) is 25.3 Å². The van der Waals surface area contributed by atoms with E-state index < -0.39 is 0 Å². The highest BCUT2D eigenvalue weighted by molar-refractivity contribution is 9.10. The van der Waals surface area contributed by atoms with E-state index in [1.807, 2.05) is 0 Å². The van der Waals surface area contributed by atoms with Gasteiger partial charge in [-0.1, -0.05) is 0 Å². The summed E-state index contributed by atoms with van der Waals surface area (Å²) in [6.45, 7) is 0. The molecule has 18 heavy (non-hydrogen) atoms. The summed E-state index contributed by atoms with van der Waals surface area (Å²) in [6, 6.07) is 3.75. The maximum absolute atomic E-state index is 12.1. The minimum absolute atomic E-state index is 0.0764. The van der Waals surface area contributed by atoms with Crippen molar-refractivity contribution in [3.05, 3.63) is 22.2 Å². The Kier molecular flexibility index (Phi) is 4.11. The molecule has 1 amide bonds. The van der Waals surface area contributed by atoms with E-state index in [9.17, 15) is 4.79 Å². The van der Waals surface area contributed by atoms with Crippen LogP contribution < -0.4 is 14.8 Å². The zero-order valence-electron chi connectivity index (χ0n) is 10.5. The lowest BCUT2D eigenvalue weighted by Gasteiger charge is -2.26. The summed E-state index contributed by atoms with van der Waals surface area (Å²) in [5.74, 6) is 1.08. The van der Waals surface area contributed by atoms with Gasteiger partial charge in [0.25, 0.3) is 5.91 Å². The predicted molar refractivity (Wildman–Crippen MR) is 72.4 cm³/mol. The van der Waals surface area contributed by atoms with Crippen molar-refractivity contribution in [3.63, 3.8) is 0 Å². The van der Waals surface area contributed by atoms with Gasteiger partial charge < -0.3 is 14.8 Å². The van der Waals surface area contributed by atoms with Crippen molar-refractivity contribution in [2.24, 2.45) is 0 Å². The van der Waals surface area contributed by atoms with E-state index in [0.29, 0.717) is 27.6 Å². The minimum Gasteiger partial charge on any atom is -0.493 e. The topological polar surface area (TPSA) is 47.6 Å². The highest BCUT2D eigenvalue weighted by Crippen LogP contribution is 2.33. The lowest BCUT2D eigenvalue weighted by molar-refractivity contribution is 0.0916. The molecule has 0 atom stereocenters. The second kappa shape index (κ2) is 5.61. The SMILES string of the molecule is COc1cc(Br)c(C(=O)NC2CCC2)cc1OC. The van der Waals surface area contributed by atoms with Crippen molar-refractivity contribution >= 4 is 21.8 Å². The molecular formula is C13H16BrNO3. The molecule has 5 heteroatoms. The highest BCUT2D eigenvalue weighted by atomic mass is 79.9. The van der Waals surface area contributed by atoms with Gasteiger partial charge in [-0.15, -0.1) is 0 Å². The molecule has 0 aromatic heterocycles. The summed E-state index contributed by atoms with van der Waals surface area (Å²) in [5, 5.41) is 3.00. The molecule has 1 aliphatic rings. The molecule has 1 aromatic rings. The standard InChI is InChI=1S/C13H16BrNO3/c1-17-11-6-9(10(14)7-12(11)18-2)13(16)15-8-4-3-5-8/h6-8H,3-5H2,1-2H3,(H,15,16). The summed E-state index contributed by atoms with van der Waals surface area (Å²) in [5.41, 5.74) is 0.569. The van der Waals surface area contributed by atoms with E-state index >= 15 is 0 Å². The fraction of sp³-hybridized carbons (Fsp3) is 0.462. The van der Waals surface area contributed by atoms with Crippen molar-refractivity contribution in [1.82, 2.24) is 5.32 Å². The summed E-state index contributed by atoms with van der Waals surface area (Å²) < 4.78 is 11.1. The second-order valence-electron chi connectivity index (χ2n) is 4.29. The molecule has 98 valence electrons. The number of amides is 1. The van der Waals surface area contributed by atoms with Crippen LogP contribution >= 0.6 is 15.9 Å². The lowest BCUT2D eigenvalue weighted by atomic mass is 9.93. The van der Waals surface area contributed by atoms with Crippen LogP contribution in [-0.2, 0) is 0 Å². The molecule has 0 heterocycles. The number of rotatable bonds is 4. The summed E-state index contributed by atoms with van der Waals surface area (Å²) in [6.07, 6.45) is 3.32. The van der Waals surface area contributed by atoms with Gasteiger partial charge in [-0.05, 0) is 47.3 Å². The quantitative estimate of drug-likeness (QED) is 0.929. The molecule has 1 saturated carbocycles. The molecule has 0 unspecified atom stereocenters. The van der Waals surface area contributed by atoms with Gasteiger partial charge in [-0.2, -0.15) is 0 Å². The van der Waals surface area contributed by atoms with Crippen LogP contribution in [0.1, 0.15) is 29.6 Å². The average molecular weight is 314 g/mol. The Labute approximate surface area is 115 Å². The molecular weight excluding hydrogens is 298 g/mol. The van der Waals surface area contributed by atoms with Gasteiger partial charge >= 0.3 is 0 Å². The monoisotopic (exact) mass is 313 g/mol. The highest BCUT2D eigenvalue weighted by Gasteiger charge is 2.22. The smallest absolute Gasteiger partial charge is 0.252 e. The lowest BCUT2D eigenvalue weighted by Crippen LogP contribution is -2.39. The van der Waals surface area contributed by atoms with E-state index in [4.69, 9.17) is 9.47 Å². The van der Waals surface area contributed by atoms with Gasteiger partial charge in [0.15, 0.2) is 11.5 Å². The zero-order chi connectivity index (χ0) is 13.1. The number of methoxy groups -OCH3 is 2. The zero-order valence-corrected chi connectivity index (χ0v) is 12.0. The third-order valence-electron chi connectivity index (χ3n) is 3.16. The van der Waals surface area contributed by atoms with Crippen molar-refractivity contribution in [1.29, 1.82) is 0 Å². The first-order chi connectivity index (χ1) is 8.65. The Hall–Kier alpha value is -1.23. The molecule has 0 aliphatic heterocycles. The van der Waals surface area contributed by atoms with E-state index in [1.165, 1.54) is 6.42 Å². The van der Waals surface area contributed by atoms with E-state index in [1.54, 1.807) is 26.4 Å². The Morgan fingerprint density at radius 1 is 1.28 bits per heavy atom. The number of hydrogen-bond acceptors (Lipinski definition) is 3. The third kappa shape index (κ3) is 2.61. The molecule has 1 aromatic carbocycles. The van der Waals surface area contributed by atoms with Crippen LogP contribution in [0.2, 0.25) is 0 Å². The Morgan fingerprint density at radius 3 is 2.39 bits per heavy atom. The van der Waals surface area contributed by atoms with Crippen LogP contribution in [0.4, 0.5) is 0 Å². The Balaban J connectivity index is 2.23. The average Bonchev–Trinajstić information content (AvgIpc) is 2.33. The fourth-order valence-corrected chi connectivity index (χ4v) is 2.35. The van der Waals surface area contributed by atoms with Gasteiger partial charge in [-0.25, -0.2) is 0 Å². The molecule has 1 N–H and O–H groups in total. The summed E-state index contributed by atoms with van der Waals surface area (Å²) in [4.78, 5) is 12.1. The number of ether oxygens (including phenoxy) is 2. The molecule has 1 aliphatic carbocycles. The molecule has 0 spiro atoms. The summed E-state index contributed by atoms with van der Waals surface area (Å²) in [7, 11) is 3.12. The number of hydrogen-bond donors (Lipinski definition) is 1. The van der Waals surface area contributed by atoms with E-state index in [2.05, 4.69) is 21.2 Å². The van der Waals surface area contributed by atoms with Crippen LogP contribution in [0.5, 0.6) is 11.5 Å². The van der Waals surface area contributed by atoms with Crippen LogP contribution in [-0.4, -0.2) is 26.2 Å². The van der Waals surface area contributed by atoms with E-state index in [-0.39, 0.29) is 5.91 Å². The molecule has 1 fully saturated rings. The van der Waals surface area contributed by atoms with Gasteiger partial charge in [0.1, 0.15) is 0 Å². The van der Waals surface area contributed by atoms with Crippen LogP contribution in [0.25, 0.3) is 0 Å². The van der Waals surface area contributed by atoms with Crippen LogP contribution in [0.15, 0.2) is 16.6 Å².